The largest absolute Gasteiger partial charge is 0.652 e. The number of carbonyl (C=O) groups excluding carboxylic acids is 3. The molecule has 0 aromatic rings. The molecule has 0 N–H and O–H groups in total. The summed E-state index contributed by atoms with van der Waals surface area (Å²) in [6.45, 7) is 0. The van der Waals surface area contributed by atoms with Crippen LogP contribution in [-0.4, -0.2) is 18.5 Å². The van der Waals surface area contributed by atoms with Crippen LogP contribution in [0.25, 0.3) is 0 Å². The van der Waals surface area contributed by atoms with Crippen LogP contribution in [0, 0.1) is 71.2 Å². The number of hydrogen-bond donors (Lipinski definition) is 0. The first kappa shape index (κ1) is 29.2. The molecule has 0 fully saturated rings. The third-order valence-corrected chi connectivity index (χ3v) is 0. The smallest absolute Gasteiger partial charge is 0 e. The summed E-state index contributed by atoms with van der Waals surface area (Å²) in [5, 5.41) is 50.0. The Bertz CT molecular complexity index is 116. The normalized spacial score (nSPS) is 5.14. The average molecular weight is 458 g/mol. The molecule has 0 aromatic carbocycles. The summed E-state index contributed by atoms with van der Waals surface area (Å²) in [6.07, 6.45) is -7.00. The Kier molecular flexibility index (Phi) is 48.5. The quantitative estimate of drug-likeness (QED) is 0.340. The Balaban J connectivity index is -0.0000000270. The fourth-order valence-corrected chi connectivity index (χ4v) is 0. The Labute approximate surface area is 133 Å². The van der Waals surface area contributed by atoms with Crippen molar-refractivity contribution < 1.29 is 116 Å². The molecule has 0 aromatic heterocycles. The number of carboxylic acid groups (broad SMARTS) is 6. The molecule has 0 bridgehead atoms. The van der Waals surface area contributed by atoms with E-state index in [0.717, 1.165) is 0 Å². The van der Waals surface area contributed by atoms with Gasteiger partial charge < -0.3 is 45.0 Å². The van der Waals surface area contributed by atoms with Crippen LogP contribution in [0.4, 0.5) is 14.4 Å². The summed E-state index contributed by atoms with van der Waals surface area (Å²) in [5.74, 6) is 0. The van der Waals surface area contributed by atoms with Gasteiger partial charge in [0.05, 0.1) is 0 Å². The molecule has 0 saturated carbocycles. The molecule has 0 heterocycles. The predicted molar refractivity (Wildman–Crippen MR) is 16.2 cm³/mol. The van der Waals surface area contributed by atoms with Crippen molar-refractivity contribution in [2.24, 2.45) is 0 Å². The SMILES string of the molecule is O=C([O-])[O-].O=C([O-])[O-].O=C([O-])[O-].[La].[La]. The Morgan fingerprint density at radius 1 is 0.500 bits per heavy atom. The molecule has 0 atom stereocenters. The van der Waals surface area contributed by atoms with Gasteiger partial charge in [-0.15, -0.1) is 0 Å². The fraction of sp³-hybridized carbons (Fsp3) is 0. The monoisotopic (exact) mass is 458 g/mol. The predicted octanol–water partition coefficient (Wildman–Crippen LogP) is -7.34. The molecule has 0 rings (SSSR count). The van der Waals surface area contributed by atoms with Crippen molar-refractivity contribution in [3.05, 3.63) is 0 Å². The zero-order valence-corrected chi connectivity index (χ0v) is 13.6. The van der Waals surface area contributed by atoms with E-state index in [4.69, 9.17) is 45.0 Å². The maximum atomic E-state index is 8.33. The van der Waals surface area contributed by atoms with Gasteiger partial charge in [0.1, 0.15) is 0 Å². The zero-order valence-electron chi connectivity index (χ0n) is 6.33. The van der Waals surface area contributed by atoms with Gasteiger partial charge in [-0.05, 0) is 18.5 Å². The Morgan fingerprint density at radius 2 is 0.500 bits per heavy atom. The molecule has 78 valence electrons. The van der Waals surface area contributed by atoms with Gasteiger partial charge in [-0.3, -0.25) is 0 Å². The molecule has 14 heavy (non-hydrogen) atoms. The van der Waals surface area contributed by atoms with E-state index in [1.54, 1.807) is 0 Å². The van der Waals surface area contributed by atoms with E-state index in [0.29, 0.717) is 0 Å². The summed E-state index contributed by atoms with van der Waals surface area (Å²) >= 11 is 0. The molecule has 11 heteroatoms. The molecule has 0 aliphatic heterocycles. The van der Waals surface area contributed by atoms with Crippen LogP contribution in [-0.2, 0) is 0 Å². The van der Waals surface area contributed by atoms with Crippen molar-refractivity contribution >= 4 is 18.5 Å². The number of carbonyl (C=O) groups is 3. The molecule has 0 amide bonds. The van der Waals surface area contributed by atoms with Gasteiger partial charge in [0.25, 0.3) is 0 Å². The second-order valence-corrected chi connectivity index (χ2v) is 0.750. The minimum atomic E-state index is -2.33. The summed E-state index contributed by atoms with van der Waals surface area (Å²) in [6, 6.07) is 0. The van der Waals surface area contributed by atoms with Gasteiger partial charge >= 0.3 is 0 Å². The van der Waals surface area contributed by atoms with Crippen LogP contribution in [0.5, 0.6) is 0 Å². The minimum Gasteiger partial charge on any atom is -0.652 e. The molecule has 0 aliphatic rings. The number of hydrogen-bond acceptors (Lipinski definition) is 9. The van der Waals surface area contributed by atoms with Gasteiger partial charge in [0.2, 0.25) is 0 Å². The molecule has 2 radical (unpaired) electrons. The summed E-state index contributed by atoms with van der Waals surface area (Å²) in [5.41, 5.74) is 0. The first-order chi connectivity index (χ1) is 5.20. The van der Waals surface area contributed by atoms with Crippen LogP contribution in [0.3, 0.4) is 0 Å². The van der Waals surface area contributed by atoms with E-state index >= 15 is 0 Å². The molecule has 0 spiro atoms. The minimum absolute atomic E-state index is 0. The third kappa shape index (κ3) is 38400. The summed E-state index contributed by atoms with van der Waals surface area (Å²) in [7, 11) is 0. The van der Waals surface area contributed by atoms with Crippen LogP contribution in [0.15, 0.2) is 0 Å². The van der Waals surface area contributed by atoms with Gasteiger partial charge in [-0.1, -0.05) is 0 Å². The first-order valence-corrected chi connectivity index (χ1v) is 1.84. The van der Waals surface area contributed by atoms with E-state index in [1.807, 2.05) is 0 Å². The first-order valence-electron chi connectivity index (χ1n) is 1.84. The van der Waals surface area contributed by atoms with Crippen LogP contribution in [0.2, 0.25) is 0 Å². The van der Waals surface area contributed by atoms with Crippen molar-refractivity contribution in [2.75, 3.05) is 0 Å². The van der Waals surface area contributed by atoms with E-state index < -0.39 is 18.5 Å². The Hall–Kier alpha value is 0.200. The second kappa shape index (κ2) is 23.2. The molecule has 0 aliphatic carbocycles. The van der Waals surface area contributed by atoms with Gasteiger partial charge in [-0.25, -0.2) is 0 Å². The van der Waals surface area contributed by atoms with E-state index in [2.05, 4.69) is 0 Å². The maximum Gasteiger partial charge on any atom is 0 e. The topological polar surface area (TPSA) is 190 Å². The molecular formula is C3La2O9-6. The van der Waals surface area contributed by atoms with Crippen LogP contribution in [0.1, 0.15) is 0 Å². The summed E-state index contributed by atoms with van der Waals surface area (Å²) in [4.78, 5) is 25.0. The zero-order chi connectivity index (χ0) is 10.7. The van der Waals surface area contributed by atoms with Crippen molar-refractivity contribution in [3.63, 3.8) is 0 Å². The van der Waals surface area contributed by atoms with Gasteiger partial charge in [-0.2, -0.15) is 0 Å². The van der Waals surface area contributed by atoms with E-state index in [9.17, 15) is 0 Å². The molecule has 9 nitrogen and oxygen atoms in total. The summed E-state index contributed by atoms with van der Waals surface area (Å²) < 4.78 is 0. The van der Waals surface area contributed by atoms with E-state index in [-0.39, 0.29) is 71.2 Å². The number of rotatable bonds is 0. The fourth-order valence-electron chi connectivity index (χ4n) is 0. The molecule has 0 saturated heterocycles. The standard InChI is InChI=1S/3CH2O3.2La/c3*2-1(3)4;;/h3*(H2,2,3,4);;/p-6. The van der Waals surface area contributed by atoms with Crippen molar-refractivity contribution in [1.82, 2.24) is 0 Å². The second-order valence-electron chi connectivity index (χ2n) is 0.750. The molecule has 0 unspecified atom stereocenters. The van der Waals surface area contributed by atoms with Crippen LogP contribution >= 0.6 is 0 Å². The van der Waals surface area contributed by atoms with Gasteiger partial charge in [0, 0.05) is 71.2 Å². The molecular weight excluding hydrogens is 458 g/mol. The van der Waals surface area contributed by atoms with Crippen molar-refractivity contribution in [2.45, 2.75) is 0 Å². The maximum absolute atomic E-state index is 8.33. The Morgan fingerprint density at radius 3 is 0.500 bits per heavy atom. The van der Waals surface area contributed by atoms with Gasteiger partial charge in [0.15, 0.2) is 0 Å². The average Bonchev–Trinajstić information content (AvgIpc) is 1.54. The van der Waals surface area contributed by atoms with Crippen molar-refractivity contribution in [3.8, 4) is 0 Å². The van der Waals surface area contributed by atoms with Crippen molar-refractivity contribution in [1.29, 1.82) is 0 Å². The third-order valence-electron chi connectivity index (χ3n) is 0. The van der Waals surface area contributed by atoms with E-state index in [1.165, 1.54) is 0 Å². The van der Waals surface area contributed by atoms with Crippen LogP contribution < -0.4 is 30.6 Å².